The smallest absolute Gasteiger partial charge is 0.132 e. The lowest BCUT2D eigenvalue weighted by Gasteiger charge is -2.03. The summed E-state index contributed by atoms with van der Waals surface area (Å²) in [5.41, 5.74) is 5.33. The van der Waals surface area contributed by atoms with Gasteiger partial charge in [-0.25, -0.2) is 4.39 Å². The van der Waals surface area contributed by atoms with Crippen molar-refractivity contribution in [3.05, 3.63) is 63.9 Å². The molecule has 2 aromatic rings. The molecule has 0 aliphatic carbocycles. The fourth-order valence-corrected chi connectivity index (χ4v) is 1.86. The molecule has 0 radical (unpaired) electrons. The van der Waals surface area contributed by atoms with Crippen molar-refractivity contribution in [2.75, 3.05) is 5.43 Å². The molecule has 0 unspecified atom stereocenters. The second kappa shape index (κ2) is 5.78. The van der Waals surface area contributed by atoms with Crippen molar-refractivity contribution >= 4 is 27.8 Å². The molecule has 4 heteroatoms. The SMILES string of the molecule is Cc1ccccc1N/N=C\c1cc(Br)ccc1F. The van der Waals surface area contributed by atoms with Gasteiger partial charge in [-0.05, 0) is 36.8 Å². The third-order valence-electron chi connectivity index (χ3n) is 2.49. The molecule has 0 aromatic heterocycles. The zero-order chi connectivity index (χ0) is 13.0. The summed E-state index contributed by atoms with van der Waals surface area (Å²) in [6.45, 7) is 1.98. The average Bonchev–Trinajstić information content (AvgIpc) is 2.36. The molecule has 18 heavy (non-hydrogen) atoms. The van der Waals surface area contributed by atoms with Crippen molar-refractivity contribution in [1.29, 1.82) is 0 Å². The van der Waals surface area contributed by atoms with E-state index in [1.165, 1.54) is 12.3 Å². The summed E-state index contributed by atoms with van der Waals surface area (Å²) < 4.78 is 14.3. The van der Waals surface area contributed by atoms with E-state index in [0.717, 1.165) is 15.7 Å². The molecule has 1 N–H and O–H groups in total. The Bertz CT molecular complexity index is 582. The number of para-hydroxylation sites is 1. The maximum atomic E-state index is 13.4. The maximum Gasteiger partial charge on any atom is 0.132 e. The Balaban J connectivity index is 2.12. The highest BCUT2D eigenvalue weighted by Gasteiger charge is 1.99. The Kier molecular flexibility index (Phi) is 4.10. The zero-order valence-corrected chi connectivity index (χ0v) is 11.4. The molecule has 92 valence electrons. The highest BCUT2D eigenvalue weighted by molar-refractivity contribution is 9.10. The third-order valence-corrected chi connectivity index (χ3v) is 2.99. The molecule has 0 heterocycles. The van der Waals surface area contributed by atoms with Crippen LogP contribution in [0.3, 0.4) is 0 Å². The van der Waals surface area contributed by atoms with Crippen LogP contribution in [0.1, 0.15) is 11.1 Å². The number of hydrogen-bond acceptors (Lipinski definition) is 2. The van der Waals surface area contributed by atoms with E-state index in [1.807, 2.05) is 31.2 Å². The Morgan fingerprint density at radius 1 is 1.22 bits per heavy atom. The lowest BCUT2D eigenvalue weighted by Crippen LogP contribution is -1.94. The summed E-state index contributed by atoms with van der Waals surface area (Å²) in [4.78, 5) is 0. The van der Waals surface area contributed by atoms with Crippen molar-refractivity contribution in [2.24, 2.45) is 5.10 Å². The summed E-state index contributed by atoms with van der Waals surface area (Å²) in [5.74, 6) is -0.298. The van der Waals surface area contributed by atoms with Gasteiger partial charge in [-0.15, -0.1) is 0 Å². The highest BCUT2D eigenvalue weighted by Crippen LogP contribution is 2.15. The summed E-state index contributed by atoms with van der Waals surface area (Å²) in [6, 6.07) is 12.5. The van der Waals surface area contributed by atoms with E-state index in [2.05, 4.69) is 26.5 Å². The maximum absolute atomic E-state index is 13.4. The molecule has 0 saturated carbocycles. The standard InChI is InChI=1S/C14H12BrFN2/c1-10-4-2-3-5-14(10)18-17-9-11-8-12(15)6-7-13(11)16/h2-9,18H,1H3/b17-9-. The number of halogens is 2. The fourth-order valence-electron chi connectivity index (χ4n) is 1.48. The van der Waals surface area contributed by atoms with Gasteiger partial charge in [0.05, 0.1) is 11.9 Å². The Morgan fingerprint density at radius 2 is 2.00 bits per heavy atom. The largest absolute Gasteiger partial charge is 0.278 e. The van der Waals surface area contributed by atoms with Crippen LogP contribution in [0.4, 0.5) is 10.1 Å². The molecule has 0 aliphatic rings. The van der Waals surface area contributed by atoms with Crippen LogP contribution in [-0.2, 0) is 0 Å². The second-order valence-corrected chi connectivity index (χ2v) is 4.77. The van der Waals surface area contributed by atoms with Crippen LogP contribution in [0, 0.1) is 12.7 Å². The number of rotatable bonds is 3. The van der Waals surface area contributed by atoms with Gasteiger partial charge >= 0.3 is 0 Å². The van der Waals surface area contributed by atoms with Gasteiger partial charge in [0, 0.05) is 10.0 Å². The van der Waals surface area contributed by atoms with E-state index in [-0.39, 0.29) is 5.82 Å². The first-order chi connectivity index (χ1) is 8.66. The Labute approximate surface area is 114 Å². The van der Waals surface area contributed by atoms with Gasteiger partial charge in [0.2, 0.25) is 0 Å². The van der Waals surface area contributed by atoms with Crippen LogP contribution in [0.5, 0.6) is 0 Å². The average molecular weight is 307 g/mol. The summed E-state index contributed by atoms with van der Waals surface area (Å²) in [7, 11) is 0. The minimum absolute atomic E-state index is 0.298. The van der Waals surface area contributed by atoms with Crippen molar-refractivity contribution < 1.29 is 4.39 Å². The van der Waals surface area contributed by atoms with Crippen LogP contribution < -0.4 is 5.43 Å². The van der Waals surface area contributed by atoms with Crippen LogP contribution in [0.15, 0.2) is 52.0 Å². The minimum atomic E-state index is -0.298. The first-order valence-corrected chi connectivity index (χ1v) is 6.26. The number of nitrogens with zero attached hydrogens (tertiary/aromatic N) is 1. The lowest BCUT2D eigenvalue weighted by atomic mass is 10.2. The molecule has 0 spiro atoms. The van der Waals surface area contributed by atoms with Crippen LogP contribution in [0.25, 0.3) is 0 Å². The molecule has 0 bridgehead atoms. The lowest BCUT2D eigenvalue weighted by molar-refractivity contribution is 0.625. The van der Waals surface area contributed by atoms with Crippen LogP contribution >= 0.6 is 15.9 Å². The first kappa shape index (κ1) is 12.8. The van der Waals surface area contributed by atoms with Gasteiger partial charge in [-0.3, -0.25) is 5.43 Å². The number of nitrogens with one attached hydrogen (secondary N) is 1. The van der Waals surface area contributed by atoms with E-state index in [0.29, 0.717) is 5.56 Å². The van der Waals surface area contributed by atoms with Gasteiger partial charge in [0.25, 0.3) is 0 Å². The fraction of sp³-hybridized carbons (Fsp3) is 0.0714. The van der Waals surface area contributed by atoms with Gasteiger partial charge in [0.1, 0.15) is 5.82 Å². The second-order valence-electron chi connectivity index (χ2n) is 3.85. The van der Waals surface area contributed by atoms with Gasteiger partial charge < -0.3 is 0 Å². The molecule has 0 fully saturated rings. The summed E-state index contributed by atoms with van der Waals surface area (Å²) in [6.07, 6.45) is 1.46. The van der Waals surface area contributed by atoms with E-state index in [4.69, 9.17) is 0 Å². The summed E-state index contributed by atoms with van der Waals surface area (Å²) >= 11 is 3.30. The van der Waals surface area contributed by atoms with Gasteiger partial charge in [-0.2, -0.15) is 5.10 Å². The van der Waals surface area contributed by atoms with E-state index in [1.54, 1.807) is 12.1 Å². The third kappa shape index (κ3) is 3.17. The van der Waals surface area contributed by atoms with Crippen molar-refractivity contribution in [2.45, 2.75) is 6.92 Å². The predicted octanol–water partition coefficient (Wildman–Crippen LogP) is 4.34. The molecular formula is C14H12BrFN2. The van der Waals surface area contributed by atoms with Gasteiger partial charge in [0.15, 0.2) is 0 Å². The van der Waals surface area contributed by atoms with E-state index < -0.39 is 0 Å². The van der Waals surface area contributed by atoms with Crippen molar-refractivity contribution in [3.8, 4) is 0 Å². The van der Waals surface area contributed by atoms with Crippen molar-refractivity contribution in [1.82, 2.24) is 0 Å². The quantitative estimate of drug-likeness (QED) is 0.662. The van der Waals surface area contributed by atoms with E-state index >= 15 is 0 Å². The number of benzene rings is 2. The summed E-state index contributed by atoms with van der Waals surface area (Å²) in [5, 5.41) is 4.04. The zero-order valence-electron chi connectivity index (χ0n) is 9.82. The molecule has 2 nitrogen and oxygen atoms in total. The number of hydrogen-bond donors (Lipinski definition) is 1. The predicted molar refractivity (Wildman–Crippen MR) is 76.5 cm³/mol. The molecule has 2 rings (SSSR count). The topological polar surface area (TPSA) is 24.4 Å². The van der Waals surface area contributed by atoms with E-state index in [9.17, 15) is 4.39 Å². The number of hydrazone groups is 1. The highest BCUT2D eigenvalue weighted by atomic mass is 79.9. The molecular weight excluding hydrogens is 295 g/mol. The molecule has 0 amide bonds. The van der Waals surface area contributed by atoms with Crippen LogP contribution in [-0.4, -0.2) is 6.21 Å². The number of aryl methyl sites for hydroxylation is 1. The molecule has 0 saturated heterocycles. The Hall–Kier alpha value is -1.68. The molecule has 0 atom stereocenters. The van der Waals surface area contributed by atoms with Gasteiger partial charge in [-0.1, -0.05) is 34.1 Å². The monoisotopic (exact) mass is 306 g/mol. The normalized spacial score (nSPS) is 10.8. The van der Waals surface area contributed by atoms with Crippen molar-refractivity contribution in [3.63, 3.8) is 0 Å². The minimum Gasteiger partial charge on any atom is -0.278 e. The number of anilines is 1. The molecule has 2 aromatic carbocycles. The molecule has 0 aliphatic heterocycles. The first-order valence-electron chi connectivity index (χ1n) is 5.46. The van der Waals surface area contributed by atoms with Crippen LogP contribution in [0.2, 0.25) is 0 Å². The Morgan fingerprint density at radius 3 is 2.78 bits per heavy atom.